The van der Waals surface area contributed by atoms with Crippen LogP contribution in [0.4, 0.5) is 10.8 Å². The molecule has 1 heterocycles. The number of hydrogen-bond acceptors (Lipinski definition) is 6. The van der Waals surface area contributed by atoms with E-state index in [1.807, 2.05) is 31.2 Å². The summed E-state index contributed by atoms with van der Waals surface area (Å²) < 4.78 is 5.14. The number of aryl methyl sites for hydroxylation is 1. The highest BCUT2D eigenvalue weighted by atomic mass is 32.1. The third-order valence-corrected chi connectivity index (χ3v) is 3.36. The third kappa shape index (κ3) is 3.67. The van der Waals surface area contributed by atoms with Crippen LogP contribution >= 0.6 is 11.3 Å². The highest BCUT2D eigenvalue weighted by Gasteiger charge is 2.14. The molecular weight excluding hydrogens is 276 g/mol. The Kier molecular flexibility index (Phi) is 4.52. The zero-order valence-electron chi connectivity index (χ0n) is 11.5. The van der Waals surface area contributed by atoms with Crippen LogP contribution in [0.3, 0.4) is 0 Å². The first-order chi connectivity index (χ1) is 9.58. The van der Waals surface area contributed by atoms with Gasteiger partial charge in [-0.2, -0.15) is 0 Å². The molecule has 6 nitrogen and oxygen atoms in total. The largest absolute Gasteiger partial charge is 0.497 e. The van der Waals surface area contributed by atoms with E-state index in [-0.39, 0.29) is 5.91 Å². The molecule has 1 aromatic heterocycles. The number of aromatic nitrogens is 2. The molecule has 1 atom stereocenters. The Labute approximate surface area is 121 Å². The number of carbonyl (C=O) groups is 1. The normalized spacial score (nSPS) is 11.8. The molecule has 0 spiro atoms. The molecule has 2 N–H and O–H groups in total. The minimum Gasteiger partial charge on any atom is -0.497 e. The molecule has 7 heteroatoms. The maximum absolute atomic E-state index is 12.0. The number of methoxy groups -OCH3 is 1. The summed E-state index contributed by atoms with van der Waals surface area (Å²) in [6.45, 7) is 3.62. The first-order valence-electron chi connectivity index (χ1n) is 6.10. The number of anilines is 2. The molecule has 0 bridgehead atoms. The topological polar surface area (TPSA) is 76.1 Å². The quantitative estimate of drug-likeness (QED) is 0.884. The number of carbonyl (C=O) groups excluding carboxylic acids is 1. The van der Waals surface area contributed by atoms with Gasteiger partial charge in [0.05, 0.1) is 7.11 Å². The summed E-state index contributed by atoms with van der Waals surface area (Å²) in [5.74, 6) is 0.575. The summed E-state index contributed by atoms with van der Waals surface area (Å²) in [7, 11) is 1.60. The van der Waals surface area contributed by atoms with E-state index in [1.165, 1.54) is 11.3 Å². The van der Waals surface area contributed by atoms with E-state index in [2.05, 4.69) is 20.8 Å². The van der Waals surface area contributed by atoms with Crippen LogP contribution in [0.1, 0.15) is 11.9 Å². The fourth-order valence-corrected chi connectivity index (χ4v) is 2.18. The second-order valence-electron chi connectivity index (χ2n) is 4.21. The summed E-state index contributed by atoms with van der Waals surface area (Å²) in [6, 6.07) is 7.02. The predicted molar refractivity (Wildman–Crippen MR) is 79.4 cm³/mol. The monoisotopic (exact) mass is 292 g/mol. The lowest BCUT2D eigenvalue weighted by Crippen LogP contribution is -2.31. The Morgan fingerprint density at radius 2 is 2.20 bits per heavy atom. The van der Waals surface area contributed by atoms with Crippen LogP contribution in [0.2, 0.25) is 0 Å². The SMILES string of the molecule is COc1cccc(NC(C)C(=O)Nc2nnc(C)s2)c1. The van der Waals surface area contributed by atoms with E-state index in [4.69, 9.17) is 4.74 Å². The van der Waals surface area contributed by atoms with Gasteiger partial charge in [-0.25, -0.2) is 0 Å². The number of nitrogens with one attached hydrogen (secondary N) is 2. The lowest BCUT2D eigenvalue weighted by Gasteiger charge is -2.14. The summed E-state index contributed by atoms with van der Waals surface area (Å²) in [5.41, 5.74) is 0.820. The van der Waals surface area contributed by atoms with Crippen LogP contribution in [0, 0.1) is 6.92 Å². The van der Waals surface area contributed by atoms with Gasteiger partial charge < -0.3 is 10.1 Å². The standard InChI is InChI=1S/C13H16N4O2S/c1-8(12(18)15-13-17-16-9(2)20-13)14-10-5-4-6-11(7-10)19-3/h4-8,14H,1-3H3,(H,15,17,18). The van der Waals surface area contributed by atoms with Crippen LogP contribution in [0.25, 0.3) is 0 Å². The van der Waals surface area contributed by atoms with Crippen LogP contribution in [0.15, 0.2) is 24.3 Å². The smallest absolute Gasteiger partial charge is 0.248 e. The number of ether oxygens (including phenoxy) is 1. The van der Waals surface area contributed by atoms with Crippen molar-refractivity contribution >= 4 is 28.1 Å². The van der Waals surface area contributed by atoms with Crippen LogP contribution < -0.4 is 15.4 Å². The second kappa shape index (κ2) is 6.33. The summed E-state index contributed by atoms with van der Waals surface area (Å²) in [5, 5.41) is 14.9. The molecule has 1 amide bonds. The Balaban J connectivity index is 1.96. The van der Waals surface area contributed by atoms with E-state index >= 15 is 0 Å². The fraction of sp³-hybridized carbons (Fsp3) is 0.308. The minimum absolute atomic E-state index is 0.163. The zero-order valence-corrected chi connectivity index (χ0v) is 12.3. The van der Waals surface area contributed by atoms with Crippen molar-refractivity contribution in [3.8, 4) is 5.75 Å². The summed E-state index contributed by atoms with van der Waals surface area (Å²) >= 11 is 1.34. The van der Waals surface area contributed by atoms with Crippen molar-refractivity contribution in [2.75, 3.05) is 17.7 Å². The van der Waals surface area contributed by atoms with Gasteiger partial charge in [0.25, 0.3) is 0 Å². The van der Waals surface area contributed by atoms with E-state index in [1.54, 1.807) is 14.0 Å². The van der Waals surface area contributed by atoms with Crippen molar-refractivity contribution in [3.05, 3.63) is 29.3 Å². The predicted octanol–water partition coefficient (Wildman–Crippen LogP) is 2.29. The highest BCUT2D eigenvalue weighted by Crippen LogP contribution is 2.18. The van der Waals surface area contributed by atoms with Gasteiger partial charge in [-0.05, 0) is 26.0 Å². The van der Waals surface area contributed by atoms with Gasteiger partial charge in [0.2, 0.25) is 11.0 Å². The Hall–Kier alpha value is -2.15. The van der Waals surface area contributed by atoms with Crippen molar-refractivity contribution < 1.29 is 9.53 Å². The average molecular weight is 292 g/mol. The van der Waals surface area contributed by atoms with Gasteiger partial charge in [-0.15, -0.1) is 10.2 Å². The van der Waals surface area contributed by atoms with Gasteiger partial charge in [-0.3, -0.25) is 10.1 Å². The molecule has 20 heavy (non-hydrogen) atoms. The molecule has 0 aliphatic rings. The molecule has 2 aromatic rings. The zero-order chi connectivity index (χ0) is 14.5. The third-order valence-electron chi connectivity index (χ3n) is 2.60. The number of rotatable bonds is 5. The van der Waals surface area contributed by atoms with E-state index < -0.39 is 6.04 Å². The maximum atomic E-state index is 12.0. The van der Waals surface area contributed by atoms with E-state index in [9.17, 15) is 4.79 Å². The molecular formula is C13H16N4O2S. The Morgan fingerprint density at radius 3 is 2.85 bits per heavy atom. The van der Waals surface area contributed by atoms with Crippen molar-refractivity contribution in [3.63, 3.8) is 0 Å². The van der Waals surface area contributed by atoms with Crippen molar-refractivity contribution in [1.29, 1.82) is 0 Å². The lowest BCUT2D eigenvalue weighted by molar-refractivity contribution is -0.116. The molecule has 1 unspecified atom stereocenters. The minimum atomic E-state index is -0.397. The van der Waals surface area contributed by atoms with Crippen LogP contribution in [0.5, 0.6) is 5.75 Å². The van der Waals surface area contributed by atoms with Crippen molar-refractivity contribution in [1.82, 2.24) is 10.2 Å². The van der Waals surface area contributed by atoms with Crippen LogP contribution in [-0.2, 0) is 4.79 Å². The van der Waals surface area contributed by atoms with Gasteiger partial charge in [0.1, 0.15) is 16.8 Å². The molecule has 2 rings (SSSR count). The molecule has 0 aliphatic carbocycles. The average Bonchev–Trinajstić information content (AvgIpc) is 2.84. The van der Waals surface area contributed by atoms with Gasteiger partial charge in [0.15, 0.2) is 0 Å². The molecule has 0 fully saturated rings. The maximum Gasteiger partial charge on any atom is 0.248 e. The van der Waals surface area contributed by atoms with Crippen LogP contribution in [-0.4, -0.2) is 29.3 Å². The number of nitrogens with zero attached hydrogens (tertiary/aromatic N) is 2. The highest BCUT2D eigenvalue weighted by molar-refractivity contribution is 7.15. The van der Waals surface area contributed by atoms with Gasteiger partial charge in [-0.1, -0.05) is 17.4 Å². The summed E-state index contributed by atoms with van der Waals surface area (Å²) in [6.07, 6.45) is 0. The molecule has 0 saturated heterocycles. The molecule has 1 aromatic carbocycles. The first-order valence-corrected chi connectivity index (χ1v) is 6.91. The number of benzene rings is 1. The molecule has 106 valence electrons. The summed E-state index contributed by atoms with van der Waals surface area (Å²) in [4.78, 5) is 12.0. The van der Waals surface area contributed by atoms with E-state index in [0.717, 1.165) is 16.4 Å². The fourth-order valence-electron chi connectivity index (χ4n) is 1.59. The molecule has 0 radical (unpaired) electrons. The lowest BCUT2D eigenvalue weighted by atomic mass is 10.2. The van der Waals surface area contributed by atoms with E-state index in [0.29, 0.717) is 5.13 Å². The van der Waals surface area contributed by atoms with Gasteiger partial charge in [0, 0.05) is 11.8 Å². The molecule has 0 aliphatic heterocycles. The molecule has 0 saturated carbocycles. The van der Waals surface area contributed by atoms with Crippen molar-refractivity contribution in [2.45, 2.75) is 19.9 Å². The van der Waals surface area contributed by atoms with Crippen molar-refractivity contribution in [2.24, 2.45) is 0 Å². The van der Waals surface area contributed by atoms with Gasteiger partial charge >= 0.3 is 0 Å². The number of hydrogen-bond donors (Lipinski definition) is 2. The second-order valence-corrected chi connectivity index (χ2v) is 5.40. The number of amides is 1. The first kappa shape index (κ1) is 14.3. The Bertz CT molecular complexity index is 600. The Morgan fingerprint density at radius 1 is 1.40 bits per heavy atom.